The number of nitrogens with zero attached hydrogens (tertiary/aromatic N) is 1. The minimum atomic E-state index is -0.705. The van der Waals surface area contributed by atoms with Crippen LogP contribution in [0.5, 0.6) is 0 Å². The third-order valence-corrected chi connectivity index (χ3v) is 5.16. The van der Waals surface area contributed by atoms with Crippen molar-refractivity contribution in [2.24, 2.45) is 0 Å². The number of hydrogen-bond donors (Lipinski definition) is 2. The first-order chi connectivity index (χ1) is 11.2. The van der Waals surface area contributed by atoms with Crippen LogP contribution in [-0.4, -0.2) is 36.7 Å². The number of benzene rings is 1. The largest absolute Gasteiger partial charge is 0.368 e. The van der Waals surface area contributed by atoms with Gasteiger partial charge in [-0.3, -0.25) is 4.79 Å². The van der Waals surface area contributed by atoms with Crippen LogP contribution in [0.3, 0.4) is 0 Å². The van der Waals surface area contributed by atoms with Gasteiger partial charge < -0.3 is 15.4 Å². The zero-order valence-electron chi connectivity index (χ0n) is 13.6. The van der Waals surface area contributed by atoms with Crippen LogP contribution < -0.4 is 10.6 Å². The lowest BCUT2D eigenvalue weighted by atomic mass is 9.91. The summed E-state index contributed by atoms with van der Waals surface area (Å²) in [6.07, 6.45) is 1.39. The fraction of sp³-hybridized carbons (Fsp3) is 0.412. The second kappa shape index (κ2) is 8.58. The second-order valence-corrected chi connectivity index (χ2v) is 6.50. The van der Waals surface area contributed by atoms with Crippen LogP contribution in [0.2, 0.25) is 0 Å². The molecule has 1 aromatic heterocycles. The molecule has 0 atom stereocenters. The Morgan fingerprint density at radius 2 is 2.04 bits per heavy atom. The maximum atomic E-state index is 12.5. The Bertz CT molecular complexity index is 657. The van der Waals surface area contributed by atoms with E-state index >= 15 is 0 Å². The molecule has 0 aliphatic carbocycles. The van der Waals surface area contributed by atoms with Gasteiger partial charge in [-0.2, -0.15) is 0 Å². The summed E-state index contributed by atoms with van der Waals surface area (Å²) in [5, 5.41) is 9.19. The van der Waals surface area contributed by atoms with Gasteiger partial charge in [-0.05, 0) is 25.9 Å². The smallest absolute Gasteiger partial charge is 0.252 e. The van der Waals surface area contributed by atoms with Gasteiger partial charge in [-0.15, -0.1) is 23.7 Å². The van der Waals surface area contributed by atoms with E-state index in [0.717, 1.165) is 29.4 Å². The Morgan fingerprint density at radius 3 is 2.71 bits per heavy atom. The Hall–Kier alpha value is -1.47. The van der Waals surface area contributed by atoms with E-state index in [2.05, 4.69) is 15.6 Å². The quantitative estimate of drug-likeness (QED) is 0.852. The molecule has 7 heteroatoms. The molecule has 0 unspecified atom stereocenters. The van der Waals surface area contributed by atoms with E-state index in [0.29, 0.717) is 19.4 Å². The highest BCUT2D eigenvalue weighted by molar-refractivity contribution is 7.13. The van der Waals surface area contributed by atoms with Gasteiger partial charge in [0, 0.05) is 18.1 Å². The van der Waals surface area contributed by atoms with Crippen molar-refractivity contribution in [3.8, 4) is 10.6 Å². The summed E-state index contributed by atoms with van der Waals surface area (Å²) in [5.74, 6) is -0.0456. The molecular weight excluding hydrogens is 346 g/mol. The highest BCUT2D eigenvalue weighted by Crippen LogP contribution is 2.24. The third kappa shape index (κ3) is 4.13. The highest BCUT2D eigenvalue weighted by atomic mass is 35.5. The van der Waals surface area contributed by atoms with Crippen LogP contribution in [0.4, 0.5) is 0 Å². The third-order valence-electron chi connectivity index (χ3n) is 4.22. The number of ether oxygens (including phenoxy) is 1. The molecule has 3 rings (SSSR count). The lowest BCUT2D eigenvalue weighted by Gasteiger charge is -2.34. The molecule has 130 valence electrons. The molecule has 1 aliphatic heterocycles. The van der Waals surface area contributed by atoms with Crippen molar-refractivity contribution in [3.05, 3.63) is 41.4 Å². The van der Waals surface area contributed by atoms with Crippen molar-refractivity contribution in [2.75, 3.05) is 20.2 Å². The van der Waals surface area contributed by atoms with Gasteiger partial charge in [-0.1, -0.05) is 30.3 Å². The van der Waals surface area contributed by atoms with E-state index in [9.17, 15) is 4.79 Å². The van der Waals surface area contributed by atoms with Crippen molar-refractivity contribution in [2.45, 2.75) is 25.0 Å². The van der Waals surface area contributed by atoms with E-state index < -0.39 is 5.60 Å². The minimum absolute atomic E-state index is 0. The standard InChI is InChI=1S/C17H21N3O2S.ClH/c1-22-17(7-9-18-10-8-17)16(21)19-11-14-12-23-15(20-14)13-5-3-2-4-6-13;/h2-6,12,18H,7-11H2,1H3,(H,19,21);1H. The molecule has 2 N–H and O–H groups in total. The Balaban J connectivity index is 0.00000208. The average molecular weight is 368 g/mol. The number of halogens is 1. The van der Waals surface area contributed by atoms with Crippen molar-refractivity contribution >= 4 is 29.7 Å². The molecule has 1 aromatic carbocycles. The number of nitrogens with one attached hydrogen (secondary N) is 2. The summed E-state index contributed by atoms with van der Waals surface area (Å²) in [4.78, 5) is 17.1. The van der Waals surface area contributed by atoms with E-state index in [1.807, 2.05) is 35.7 Å². The van der Waals surface area contributed by atoms with Crippen LogP contribution in [0, 0.1) is 0 Å². The molecule has 1 saturated heterocycles. The Kier molecular flexibility index (Phi) is 6.74. The fourth-order valence-corrected chi connectivity index (χ4v) is 3.61. The number of piperidine rings is 1. The predicted octanol–water partition coefficient (Wildman–Crippen LogP) is 2.62. The molecule has 24 heavy (non-hydrogen) atoms. The van der Waals surface area contributed by atoms with Crippen LogP contribution in [0.1, 0.15) is 18.5 Å². The number of carbonyl (C=O) groups is 1. The molecule has 0 saturated carbocycles. The zero-order valence-corrected chi connectivity index (χ0v) is 15.2. The Morgan fingerprint density at radius 1 is 1.33 bits per heavy atom. The lowest BCUT2D eigenvalue weighted by Crippen LogP contribution is -2.53. The summed E-state index contributed by atoms with van der Waals surface area (Å²) in [6.45, 7) is 2.03. The molecule has 5 nitrogen and oxygen atoms in total. The number of methoxy groups -OCH3 is 1. The summed E-state index contributed by atoms with van der Waals surface area (Å²) in [6, 6.07) is 10.1. The summed E-state index contributed by atoms with van der Waals surface area (Å²) < 4.78 is 5.53. The average Bonchev–Trinajstić information content (AvgIpc) is 3.10. The second-order valence-electron chi connectivity index (χ2n) is 5.64. The number of rotatable bonds is 5. The first kappa shape index (κ1) is 18.9. The van der Waals surface area contributed by atoms with Crippen LogP contribution in [0.15, 0.2) is 35.7 Å². The fourth-order valence-electron chi connectivity index (χ4n) is 2.79. The maximum Gasteiger partial charge on any atom is 0.252 e. The molecule has 1 aliphatic rings. The molecule has 2 aromatic rings. The first-order valence-corrected chi connectivity index (χ1v) is 8.65. The summed E-state index contributed by atoms with van der Waals surface area (Å²) in [7, 11) is 1.61. The van der Waals surface area contributed by atoms with Gasteiger partial charge >= 0.3 is 0 Å². The van der Waals surface area contributed by atoms with E-state index in [-0.39, 0.29) is 18.3 Å². The van der Waals surface area contributed by atoms with Gasteiger partial charge in [0.05, 0.1) is 12.2 Å². The number of amides is 1. The van der Waals surface area contributed by atoms with Crippen molar-refractivity contribution in [1.82, 2.24) is 15.6 Å². The predicted molar refractivity (Wildman–Crippen MR) is 98.5 cm³/mol. The lowest BCUT2D eigenvalue weighted by molar-refractivity contribution is -0.146. The van der Waals surface area contributed by atoms with Gasteiger partial charge in [0.2, 0.25) is 0 Å². The molecular formula is C17H22ClN3O2S. The van der Waals surface area contributed by atoms with E-state index in [1.54, 1.807) is 18.4 Å². The number of aromatic nitrogens is 1. The van der Waals surface area contributed by atoms with Gasteiger partial charge in [0.1, 0.15) is 10.6 Å². The molecule has 1 amide bonds. The SMILES string of the molecule is COC1(C(=O)NCc2csc(-c3ccccc3)n2)CCNCC1.Cl. The van der Waals surface area contributed by atoms with Gasteiger partial charge in [0.15, 0.2) is 0 Å². The monoisotopic (exact) mass is 367 g/mol. The van der Waals surface area contributed by atoms with Crippen LogP contribution in [0.25, 0.3) is 10.6 Å². The minimum Gasteiger partial charge on any atom is -0.368 e. The molecule has 0 bridgehead atoms. The molecule has 2 heterocycles. The number of carbonyl (C=O) groups excluding carboxylic acids is 1. The van der Waals surface area contributed by atoms with E-state index in [1.165, 1.54) is 0 Å². The van der Waals surface area contributed by atoms with Crippen LogP contribution >= 0.6 is 23.7 Å². The maximum absolute atomic E-state index is 12.5. The van der Waals surface area contributed by atoms with Gasteiger partial charge in [-0.25, -0.2) is 4.98 Å². The van der Waals surface area contributed by atoms with Crippen molar-refractivity contribution in [1.29, 1.82) is 0 Å². The first-order valence-electron chi connectivity index (χ1n) is 7.77. The molecule has 0 spiro atoms. The van der Waals surface area contributed by atoms with E-state index in [4.69, 9.17) is 4.74 Å². The van der Waals surface area contributed by atoms with Crippen molar-refractivity contribution in [3.63, 3.8) is 0 Å². The normalized spacial score (nSPS) is 16.2. The molecule has 1 fully saturated rings. The van der Waals surface area contributed by atoms with Gasteiger partial charge in [0.25, 0.3) is 5.91 Å². The zero-order chi connectivity index (χ0) is 16.1. The Labute approximate surface area is 152 Å². The topological polar surface area (TPSA) is 63.2 Å². The summed E-state index contributed by atoms with van der Waals surface area (Å²) in [5.41, 5.74) is 1.27. The number of hydrogen-bond acceptors (Lipinski definition) is 5. The number of thiazole rings is 1. The summed E-state index contributed by atoms with van der Waals surface area (Å²) >= 11 is 1.59. The van der Waals surface area contributed by atoms with Crippen molar-refractivity contribution < 1.29 is 9.53 Å². The van der Waals surface area contributed by atoms with Crippen LogP contribution in [-0.2, 0) is 16.1 Å². The molecule has 0 radical (unpaired) electrons. The highest BCUT2D eigenvalue weighted by Gasteiger charge is 2.39.